The first-order valence-corrected chi connectivity index (χ1v) is 10.6. The molecular formula is C22H18F9N5O4. The van der Waals surface area contributed by atoms with Gasteiger partial charge in [0, 0.05) is 17.7 Å². The van der Waals surface area contributed by atoms with E-state index in [4.69, 9.17) is 16.2 Å². The number of benzene rings is 2. The van der Waals surface area contributed by atoms with E-state index in [1.807, 2.05) is 10.6 Å². The van der Waals surface area contributed by atoms with E-state index in [2.05, 4.69) is 0 Å². The molecule has 0 fully saturated rings. The minimum atomic E-state index is -5.44. The van der Waals surface area contributed by atoms with Crippen molar-refractivity contribution < 1.29 is 59.0 Å². The molecule has 0 atom stereocenters. The molecule has 40 heavy (non-hydrogen) atoms. The molecule has 0 aliphatic carbocycles. The van der Waals surface area contributed by atoms with Crippen LogP contribution in [0.3, 0.4) is 0 Å². The maximum absolute atomic E-state index is 13.6. The van der Waals surface area contributed by atoms with Gasteiger partial charge in [-0.2, -0.15) is 39.5 Å². The van der Waals surface area contributed by atoms with Crippen molar-refractivity contribution >= 4 is 35.1 Å². The van der Waals surface area contributed by atoms with Gasteiger partial charge < -0.3 is 26.8 Å². The summed E-state index contributed by atoms with van der Waals surface area (Å²) in [6.45, 7) is -1.15. The van der Waals surface area contributed by atoms with E-state index in [1.54, 1.807) is 5.32 Å². The van der Waals surface area contributed by atoms with Gasteiger partial charge in [0.25, 0.3) is 5.91 Å². The van der Waals surface area contributed by atoms with Crippen LogP contribution in [-0.4, -0.2) is 35.4 Å². The molecule has 7 N–H and O–H groups in total. The molecule has 0 aliphatic rings. The van der Waals surface area contributed by atoms with E-state index >= 15 is 0 Å². The Morgan fingerprint density at radius 2 is 1.40 bits per heavy atom. The fraction of sp³-hybridized carbons (Fsp3) is 0.273. The van der Waals surface area contributed by atoms with Crippen molar-refractivity contribution in [2.24, 2.45) is 5.73 Å². The fourth-order valence-electron chi connectivity index (χ4n) is 3.27. The van der Waals surface area contributed by atoms with Crippen LogP contribution >= 0.6 is 0 Å². The van der Waals surface area contributed by atoms with Gasteiger partial charge in [-0.1, -0.05) is 0 Å². The quantitative estimate of drug-likeness (QED) is 0.152. The third-order valence-electron chi connectivity index (χ3n) is 4.94. The fourth-order valence-corrected chi connectivity index (χ4v) is 3.27. The predicted octanol–water partition coefficient (Wildman–Crippen LogP) is 4.43. The van der Waals surface area contributed by atoms with Gasteiger partial charge in [-0.05, 0) is 42.3 Å². The molecule has 2 rings (SSSR count). The molecule has 0 aromatic heterocycles. The van der Waals surface area contributed by atoms with Crippen LogP contribution < -0.4 is 21.7 Å². The van der Waals surface area contributed by atoms with E-state index in [-0.39, 0.29) is 12.1 Å². The molecular weight excluding hydrogens is 569 g/mol. The number of hydrogen-bond acceptors (Lipinski definition) is 4. The lowest BCUT2D eigenvalue weighted by Crippen LogP contribution is -2.34. The lowest BCUT2D eigenvalue weighted by atomic mass is 9.98. The molecule has 0 saturated heterocycles. The number of aliphatic carboxylic acids is 1. The molecule has 0 spiro atoms. The Morgan fingerprint density at radius 3 is 1.90 bits per heavy atom. The van der Waals surface area contributed by atoms with Crippen molar-refractivity contribution in [2.45, 2.75) is 31.4 Å². The summed E-state index contributed by atoms with van der Waals surface area (Å²) in [7, 11) is 0. The van der Waals surface area contributed by atoms with E-state index < -0.39 is 101 Å². The SMILES string of the molecule is N=C(N)Nc1cc(C(=O)NCC(=O)Nc2c(CCC(=O)O)cc(C(F)(F)F)cc2C(F)(F)F)cc(C(F)(F)F)c1. The first-order valence-electron chi connectivity index (χ1n) is 10.6. The zero-order chi connectivity index (χ0) is 30.6. The first kappa shape index (κ1) is 31.7. The lowest BCUT2D eigenvalue weighted by molar-refractivity contribution is -0.143. The van der Waals surface area contributed by atoms with Crippen molar-refractivity contribution in [2.75, 3.05) is 17.2 Å². The van der Waals surface area contributed by atoms with E-state index in [1.165, 1.54) is 0 Å². The van der Waals surface area contributed by atoms with E-state index in [0.29, 0.717) is 12.1 Å². The Balaban J connectivity index is 2.37. The number of nitrogens with one attached hydrogen (secondary N) is 4. The number of aryl methyl sites for hydroxylation is 1. The minimum absolute atomic E-state index is 0.235. The highest BCUT2D eigenvalue weighted by Crippen LogP contribution is 2.42. The number of anilines is 2. The summed E-state index contributed by atoms with van der Waals surface area (Å²) >= 11 is 0. The number of carboxylic acid groups (broad SMARTS) is 1. The molecule has 218 valence electrons. The standard InChI is InChI=1S/C22H18F9N5O4/c23-20(24,25)11-4-10(5-13(6-11)35-19(32)33)18(40)34-8-15(37)36-17-9(1-2-16(38)39)3-12(21(26,27)28)7-14(17)22(29,30)31/h3-7H,1-2,8H2,(H,34,40)(H,36,37)(H,38,39)(H4,32,33,35). The summed E-state index contributed by atoms with van der Waals surface area (Å²) in [6.07, 6.45) is -17.4. The van der Waals surface area contributed by atoms with Crippen LogP contribution in [0.4, 0.5) is 50.9 Å². The van der Waals surface area contributed by atoms with Gasteiger partial charge in [-0.25, -0.2) is 0 Å². The summed E-state index contributed by atoms with van der Waals surface area (Å²) < 4.78 is 120. The predicted molar refractivity (Wildman–Crippen MR) is 120 cm³/mol. The van der Waals surface area contributed by atoms with Gasteiger partial charge in [-0.3, -0.25) is 19.8 Å². The summed E-state index contributed by atoms with van der Waals surface area (Å²) in [5.74, 6) is -5.08. The Bertz CT molecular complexity index is 1320. The van der Waals surface area contributed by atoms with Gasteiger partial charge in [0.05, 0.1) is 28.9 Å². The third-order valence-corrected chi connectivity index (χ3v) is 4.94. The van der Waals surface area contributed by atoms with E-state index in [0.717, 1.165) is 6.07 Å². The number of carbonyl (C=O) groups is 3. The second-order valence-corrected chi connectivity index (χ2v) is 8.01. The van der Waals surface area contributed by atoms with Gasteiger partial charge in [0.2, 0.25) is 5.91 Å². The lowest BCUT2D eigenvalue weighted by Gasteiger charge is -2.20. The molecule has 0 heterocycles. The molecule has 2 aromatic carbocycles. The number of guanidine groups is 1. The summed E-state index contributed by atoms with van der Waals surface area (Å²) in [5.41, 5.74) is -3.11. The van der Waals surface area contributed by atoms with Gasteiger partial charge in [0.15, 0.2) is 5.96 Å². The van der Waals surface area contributed by atoms with Gasteiger partial charge in [-0.15, -0.1) is 0 Å². The topological polar surface area (TPSA) is 157 Å². The molecule has 2 aromatic rings. The molecule has 18 heteroatoms. The number of amides is 2. The Labute approximate surface area is 218 Å². The average Bonchev–Trinajstić information content (AvgIpc) is 2.78. The van der Waals surface area contributed by atoms with Crippen LogP contribution in [0.1, 0.15) is 39.0 Å². The Morgan fingerprint density at radius 1 is 0.825 bits per heavy atom. The highest BCUT2D eigenvalue weighted by atomic mass is 19.4. The molecule has 0 radical (unpaired) electrons. The highest BCUT2D eigenvalue weighted by Gasteiger charge is 2.40. The number of rotatable bonds is 8. The van der Waals surface area contributed by atoms with Crippen molar-refractivity contribution in [1.29, 1.82) is 5.41 Å². The number of carboxylic acids is 1. The summed E-state index contributed by atoms with van der Waals surface area (Å²) in [5, 5.41) is 21.5. The number of halogens is 9. The van der Waals surface area contributed by atoms with Crippen LogP contribution in [0.25, 0.3) is 0 Å². The van der Waals surface area contributed by atoms with Crippen LogP contribution in [0.15, 0.2) is 30.3 Å². The van der Waals surface area contributed by atoms with Crippen LogP contribution in [0, 0.1) is 5.41 Å². The normalized spacial score (nSPS) is 12.0. The maximum atomic E-state index is 13.6. The number of hydrogen-bond donors (Lipinski definition) is 6. The minimum Gasteiger partial charge on any atom is -0.481 e. The maximum Gasteiger partial charge on any atom is 0.418 e. The Kier molecular flexibility index (Phi) is 9.28. The van der Waals surface area contributed by atoms with Crippen molar-refractivity contribution in [3.8, 4) is 0 Å². The molecule has 9 nitrogen and oxygen atoms in total. The van der Waals surface area contributed by atoms with Crippen molar-refractivity contribution in [3.05, 3.63) is 58.1 Å². The second kappa shape index (κ2) is 11.7. The Hall–Kier alpha value is -4.51. The van der Waals surface area contributed by atoms with Crippen LogP contribution in [-0.2, 0) is 34.5 Å². The molecule has 0 saturated carbocycles. The van der Waals surface area contributed by atoms with E-state index in [9.17, 15) is 53.9 Å². The largest absolute Gasteiger partial charge is 0.481 e. The zero-order valence-electron chi connectivity index (χ0n) is 19.7. The monoisotopic (exact) mass is 587 g/mol. The molecule has 0 bridgehead atoms. The number of nitrogens with two attached hydrogens (primary N) is 1. The van der Waals surface area contributed by atoms with Gasteiger partial charge in [0.1, 0.15) is 0 Å². The van der Waals surface area contributed by atoms with Gasteiger partial charge >= 0.3 is 24.5 Å². The third kappa shape index (κ3) is 8.77. The van der Waals surface area contributed by atoms with Crippen molar-refractivity contribution in [3.63, 3.8) is 0 Å². The zero-order valence-corrected chi connectivity index (χ0v) is 19.7. The highest BCUT2D eigenvalue weighted by molar-refractivity contribution is 6.01. The van der Waals surface area contributed by atoms with Crippen molar-refractivity contribution in [1.82, 2.24) is 5.32 Å². The second-order valence-electron chi connectivity index (χ2n) is 8.01. The summed E-state index contributed by atoms with van der Waals surface area (Å²) in [6, 6.07) is 1.67. The molecule has 2 amide bonds. The van der Waals surface area contributed by atoms with Crippen LogP contribution in [0.5, 0.6) is 0 Å². The van der Waals surface area contributed by atoms with Crippen LogP contribution in [0.2, 0.25) is 0 Å². The summed E-state index contributed by atoms with van der Waals surface area (Å²) in [4.78, 5) is 35.7. The molecule has 0 aliphatic heterocycles. The number of carbonyl (C=O) groups excluding carboxylic acids is 2. The first-order chi connectivity index (χ1) is 18.2. The molecule has 0 unspecified atom stereocenters. The smallest absolute Gasteiger partial charge is 0.418 e. The number of alkyl halides is 9. The average molecular weight is 587 g/mol.